The Labute approximate surface area is 257 Å². The molecule has 0 radical (unpaired) electrons. The van der Waals surface area contributed by atoms with Crippen molar-refractivity contribution in [3.63, 3.8) is 0 Å². The fourth-order valence-corrected chi connectivity index (χ4v) is 6.37. The summed E-state index contributed by atoms with van der Waals surface area (Å²) in [5, 5.41) is 6.07. The summed E-state index contributed by atoms with van der Waals surface area (Å²) in [6.45, 7) is 16.2. The van der Waals surface area contributed by atoms with Crippen LogP contribution in [0.15, 0.2) is 36.4 Å². The highest BCUT2D eigenvalue weighted by molar-refractivity contribution is 7.86. The Hall–Kier alpha value is -2.51. The smallest absolute Gasteiger partial charge is 0.264 e. The highest BCUT2D eigenvalue weighted by atomic mass is 32.2. The third-order valence-electron chi connectivity index (χ3n) is 7.93. The average Bonchev–Trinajstić information content (AvgIpc) is 3.29. The molecule has 1 saturated heterocycles. The van der Waals surface area contributed by atoms with Gasteiger partial charge in [-0.1, -0.05) is 26.8 Å². The lowest BCUT2D eigenvalue weighted by atomic mass is 10.1. The molecule has 12 heteroatoms. The normalized spacial score (nSPS) is 18.0. The van der Waals surface area contributed by atoms with Gasteiger partial charge in [0.25, 0.3) is 10.1 Å². The summed E-state index contributed by atoms with van der Waals surface area (Å²) < 4.78 is 54.0. The summed E-state index contributed by atoms with van der Waals surface area (Å²) in [4.78, 5) is 4.82. The molecule has 0 bridgehead atoms. The molecule has 238 valence electrons. The number of hydrogen-bond donors (Lipinski definition) is 0. The molecule has 4 rings (SSSR count). The molecule has 0 spiro atoms. The van der Waals surface area contributed by atoms with Crippen molar-refractivity contribution in [1.29, 1.82) is 0 Å². The lowest BCUT2D eigenvalue weighted by molar-refractivity contribution is -0.0365. The van der Waals surface area contributed by atoms with Crippen molar-refractivity contribution in [1.82, 2.24) is 14.8 Å². The van der Waals surface area contributed by atoms with E-state index in [0.29, 0.717) is 31.2 Å². The molecule has 43 heavy (non-hydrogen) atoms. The predicted molar refractivity (Wildman–Crippen MR) is 171 cm³/mol. The maximum atomic E-state index is 11.3. The van der Waals surface area contributed by atoms with Crippen LogP contribution in [0, 0.1) is 0 Å². The van der Waals surface area contributed by atoms with Gasteiger partial charge in [0.1, 0.15) is 17.5 Å². The summed E-state index contributed by atoms with van der Waals surface area (Å²) in [5.41, 5.74) is 2.42. The van der Waals surface area contributed by atoms with E-state index < -0.39 is 24.5 Å². The van der Waals surface area contributed by atoms with Crippen LogP contribution >= 0.6 is 0 Å². The molecule has 1 aliphatic rings. The van der Waals surface area contributed by atoms with Gasteiger partial charge < -0.3 is 18.6 Å². The molecule has 2 aromatic heterocycles. The van der Waals surface area contributed by atoms with Crippen LogP contribution in [0.2, 0.25) is 18.1 Å². The highest BCUT2D eigenvalue weighted by Crippen LogP contribution is 2.39. The third-order valence-corrected chi connectivity index (χ3v) is 13.0. The van der Waals surface area contributed by atoms with E-state index in [9.17, 15) is 8.42 Å². The second-order valence-electron chi connectivity index (χ2n) is 12.9. The van der Waals surface area contributed by atoms with Gasteiger partial charge in [0.05, 0.1) is 30.2 Å². The maximum Gasteiger partial charge on any atom is 0.264 e. The summed E-state index contributed by atoms with van der Waals surface area (Å²) in [5.74, 6) is 1.30. The van der Waals surface area contributed by atoms with Gasteiger partial charge >= 0.3 is 0 Å². The van der Waals surface area contributed by atoms with E-state index in [1.807, 2.05) is 35.9 Å². The number of pyridine rings is 1. The van der Waals surface area contributed by atoms with E-state index in [1.165, 1.54) is 0 Å². The summed E-state index contributed by atoms with van der Waals surface area (Å²) in [6, 6.07) is 11.9. The molecular formula is C31H47N3O7SSi. The Morgan fingerprint density at radius 3 is 2.56 bits per heavy atom. The van der Waals surface area contributed by atoms with Gasteiger partial charge in [-0.15, -0.1) is 0 Å². The molecule has 0 saturated carbocycles. The summed E-state index contributed by atoms with van der Waals surface area (Å²) >= 11 is 0. The number of fused-ring (bicyclic) bond motifs is 1. The van der Waals surface area contributed by atoms with Crippen molar-refractivity contribution in [2.24, 2.45) is 0 Å². The van der Waals surface area contributed by atoms with E-state index in [-0.39, 0.29) is 17.4 Å². The molecule has 3 atom stereocenters. The highest BCUT2D eigenvalue weighted by Gasteiger charge is 2.39. The van der Waals surface area contributed by atoms with Gasteiger partial charge in [0.2, 0.25) is 14.2 Å². The van der Waals surface area contributed by atoms with E-state index in [2.05, 4.69) is 46.0 Å². The van der Waals surface area contributed by atoms with Gasteiger partial charge in [0.15, 0.2) is 6.23 Å². The topological polar surface area (TPSA) is 111 Å². The van der Waals surface area contributed by atoms with Crippen LogP contribution in [0.3, 0.4) is 0 Å². The number of aromatic nitrogens is 3. The van der Waals surface area contributed by atoms with Gasteiger partial charge in [-0.2, -0.15) is 13.5 Å². The molecule has 1 fully saturated rings. The van der Waals surface area contributed by atoms with Crippen LogP contribution in [0.1, 0.15) is 66.5 Å². The molecule has 10 nitrogen and oxygen atoms in total. The summed E-state index contributed by atoms with van der Waals surface area (Å²) in [6.07, 6.45) is 3.71. The van der Waals surface area contributed by atoms with Crippen LogP contribution in [0.25, 0.3) is 22.3 Å². The molecule has 0 amide bonds. The molecule has 3 heterocycles. The minimum atomic E-state index is -3.49. The Bertz CT molecular complexity index is 1480. The second kappa shape index (κ2) is 13.6. The number of hydrogen-bond acceptors (Lipinski definition) is 9. The summed E-state index contributed by atoms with van der Waals surface area (Å²) in [7, 11) is -5.53. The van der Waals surface area contributed by atoms with Crippen molar-refractivity contribution < 1.29 is 31.2 Å². The van der Waals surface area contributed by atoms with Gasteiger partial charge in [0, 0.05) is 24.7 Å². The first-order valence-electron chi connectivity index (χ1n) is 15.1. The number of nitrogens with zero attached hydrogens (tertiary/aromatic N) is 3. The molecule has 1 aliphatic heterocycles. The van der Waals surface area contributed by atoms with Crippen LogP contribution in [0.5, 0.6) is 11.6 Å². The number of rotatable bonds is 13. The first-order chi connectivity index (χ1) is 20.1. The number of ether oxygens (including phenoxy) is 3. The van der Waals surface area contributed by atoms with E-state index >= 15 is 0 Å². The van der Waals surface area contributed by atoms with Crippen LogP contribution in [-0.4, -0.2) is 69.8 Å². The average molecular weight is 634 g/mol. The molecule has 3 aromatic rings. The first kappa shape index (κ1) is 33.4. The lowest BCUT2D eigenvalue weighted by Crippen LogP contribution is -2.43. The fourth-order valence-electron chi connectivity index (χ4n) is 4.65. The van der Waals surface area contributed by atoms with E-state index in [0.717, 1.165) is 54.5 Å². The van der Waals surface area contributed by atoms with Crippen LogP contribution < -0.4 is 9.16 Å². The third kappa shape index (κ3) is 9.01. The van der Waals surface area contributed by atoms with Gasteiger partial charge in [-0.3, -0.25) is 4.18 Å². The molecule has 1 aromatic carbocycles. The van der Waals surface area contributed by atoms with Crippen molar-refractivity contribution in [2.45, 2.75) is 96.9 Å². The minimum absolute atomic E-state index is 0.0702. The van der Waals surface area contributed by atoms with Crippen LogP contribution in [0.4, 0.5) is 0 Å². The fraction of sp³-hybridized carbons (Fsp3) is 0.613. The Morgan fingerprint density at radius 2 is 1.88 bits per heavy atom. The minimum Gasteiger partial charge on any atom is -0.543 e. The maximum absolute atomic E-state index is 11.3. The molecular weight excluding hydrogens is 587 g/mol. The monoisotopic (exact) mass is 633 g/mol. The first-order valence-corrected chi connectivity index (χ1v) is 19.8. The standard InChI is InChI=1S/C31H47N3O7SSi/c1-22(40-42(6,35)36)17-19-37-21-23(2)39-28-13-11-12-26(32-28)30-25-20-24(41-43(7,8)31(3,4)5)15-16-27(25)34(33-30)29-14-9-10-18-38-29/h11-13,15-16,20,22-23,29H,9-10,14,17-19,21H2,1-8H3/t22-,23-,29?/m1/s1. The van der Waals surface area contributed by atoms with Gasteiger partial charge in [-0.25, -0.2) is 9.67 Å². The Morgan fingerprint density at radius 1 is 1.12 bits per heavy atom. The molecule has 0 aliphatic carbocycles. The predicted octanol–water partition coefficient (Wildman–Crippen LogP) is 6.72. The molecule has 1 unspecified atom stereocenters. The Balaban J connectivity index is 1.54. The molecule has 0 N–H and O–H groups in total. The largest absolute Gasteiger partial charge is 0.543 e. The second-order valence-corrected chi connectivity index (χ2v) is 19.2. The van der Waals surface area contributed by atoms with Crippen molar-refractivity contribution >= 4 is 29.3 Å². The SMILES string of the molecule is C[C@H](COCC[C@@H](C)OS(C)(=O)=O)Oc1cccc(-c2nn(C3CCCCO3)c3ccc(O[Si](C)(C)C(C)(C)C)cc23)n1. The lowest BCUT2D eigenvalue weighted by Gasteiger charge is -2.36. The zero-order chi connectivity index (χ0) is 31.4. The zero-order valence-corrected chi connectivity index (χ0v) is 28.6. The van der Waals surface area contributed by atoms with E-state index in [1.54, 1.807) is 6.92 Å². The van der Waals surface area contributed by atoms with Crippen molar-refractivity contribution in [3.05, 3.63) is 36.4 Å². The number of benzene rings is 1. The van der Waals surface area contributed by atoms with Crippen molar-refractivity contribution in [3.8, 4) is 23.0 Å². The quantitative estimate of drug-likeness (QED) is 0.115. The van der Waals surface area contributed by atoms with Gasteiger partial charge in [-0.05, 0) is 81.9 Å². The van der Waals surface area contributed by atoms with Crippen molar-refractivity contribution in [2.75, 3.05) is 26.1 Å². The van der Waals surface area contributed by atoms with E-state index in [4.69, 9.17) is 32.9 Å². The van der Waals surface area contributed by atoms with Crippen LogP contribution in [-0.2, 0) is 23.8 Å². The Kier molecular flexibility index (Phi) is 10.6. The zero-order valence-electron chi connectivity index (χ0n) is 26.8.